The van der Waals surface area contributed by atoms with Gasteiger partial charge in [0.1, 0.15) is 0 Å². The number of halogens is 2. The molecule has 0 bridgehead atoms. The van der Waals surface area contributed by atoms with Crippen molar-refractivity contribution in [3.05, 3.63) is 21.1 Å². The number of benzene rings is 1. The first-order chi connectivity index (χ1) is 7.85. The second-order valence-corrected chi connectivity index (χ2v) is 6.82. The molecule has 0 fully saturated rings. The largest absolute Gasteiger partial charge is 0.399 e. The van der Waals surface area contributed by atoms with Gasteiger partial charge >= 0.3 is 0 Å². The van der Waals surface area contributed by atoms with Crippen LogP contribution in [0.2, 0.25) is 0 Å². The Bertz CT molecular complexity index is 482. The van der Waals surface area contributed by atoms with E-state index in [0.717, 1.165) is 0 Å². The van der Waals surface area contributed by atoms with Crippen molar-refractivity contribution in [3.8, 4) is 0 Å². The van der Waals surface area contributed by atoms with E-state index in [1.165, 1.54) is 7.11 Å². The first kappa shape index (κ1) is 14.7. The molecule has 0 aliphatic heterocycles. The third-order valence-electron chi connectivity index (χ3n) is 1.88. The molecule has 0 aromatic heterocycles. The van der Waals surface area contributed by atoms with E-state index in [0.29, 0.717) is 20.3 Å². The standard InChI is InChI=1S/C9H12Br2N2O3S/c1-16-2-3-17(14,15)13-9-7(10)4-6(12)5-8(9)11/h4-5,13H,2-3,12H2,1H3. The lowest BCUT2D eigenvalue weighted by Gasteiger charge is -2.12. The van der Waals surface area contributed by atoms with E-state index in [4.69, 9.17) is 10.5 Å². The van der Waals surface area contributed by atoms with Crippen LogP contribution in [0.1, 0.15) is 0 Å². The normalized spacial score (nSPS) is 11.5. The number of methoxy groups -OCH3 is 1. The fraction of sp³-hybridized carbons (Fsp3) is 0.333. The maximum absolute atomic E-state index is 11.7. The third kappa shape index (κ3) is 4.46. The minimum atomic E-state index is -3.43. The van der Waals surface area contributed by atoms with Crippen molar-refractivity contribution in [3.63, 3.8) is 0 Å². The molecule has 0 atom stereocenters. The molecule has 3 N–H and O–H groups in total. The summed E-state index contributed by atoms with van der Waals surface area (Å²) in [6, 6.07) is 3.25. The van der Waals surface area contributed by atoms with E-state index in [-0.39, 0.29) is 12.4 Å². The van der Waals surface area contributed by atoms with Crippen molar-refractivity contribution in [2.45, 2.75) is 0 Å². The quantitative estimate of drug-likeness (QED) is 0.758. The van der Waals surface area contributed by atoms with Crippen LogP contribution in [-0.4, -0.2) is 27.9 Å². The number of rotatable bonds is 5. The van der Waals surface area contributed by atoms with E-state index in [1.54, 1.807) is 12.1 Å². The number of hydrogen-bond acceptors (Lipinski definition) is 4. The Morgan fingerprint density at radius 1 is 1.35 bits per heavy atom. The number of sulfonamides is 1. The molecule has 1 aromatic rings. The smallest absolute Gasteiger partial charge is 0.235 e. The molecule has 0 aliphatic rings. The number of hydrogen-bond donors (Lipinski definition) is 2. The highest BCUT2D eigenvalue weighted by molar-refractivity contribution is 9.11. The van der Waals surface area contributed by atoms with Crippen LogP contribution in [0.15, 0.2) is 21.1 Å². The molecule has 1 aromatic carbocycles. The summed E-state index contributed by atoms with van der Waals surface area (Å²) in [5, 5.41) is 0. The highest BCUT2D eigenvalue weighted by Crippen LogP contribution is 2.34. The zero-order chi connectivity index (χ0) is 13.1. The lowest BCUT2D eigenvalue weighted by Crippen LogP contribution is -2.20. The molecule has 1 rings (SSSR count). The summed E-state index contributed by atoms with van der Waals surface area (Å²) in [7, 11) is -1.98. The molecule has 0 unspecified atom stereocenters. The molecule has 0 saturated heterocycles. The minimum absolute atomic E-state index is 0.104. The zero-order valence-corrected chi connectivity index (χ0v) is 13.0. The van der Waals surface area contributed by atoms with Crippen molar-refractivity contribution in [2.75, 3.05) is 29.9 Å². The highest BCUT2D eigenvalue weighted by Gasteiger charge is 2.15. The summed E-state index contributed by atoms with van der Waals surface area (Å²) in [6.07, 6.45) is 0. The Labute approximate surface area is 117 Å². The van der Waals surface area contributed by atoms with Gasteiger partial charge in [0.15, 0.2) is 0 Å². The van der Waals surface area contributed by atoms with Gasteiger partial charge < -0.3 is 10.5 Å². The molecule has 0 saturated carbocycles. The second kappa shape index (κ2) is 6.03. The fourth-order valence-electron chi connectivity index (χ4n) is 1.09. The third-order valence-corrected chi connectivity index (χ3v) is 4.35. The van der Waals surface area contributed by atoms with Crippen LogP contribution in [0.25, 0.3) is 0 Å². The Hall–Kier alpha value is -0.310. The molecule has 0 radical (unpaired) electrons. The number of nitrogens with one attached hydrogen (secondary N) is 1. The molecule has 8 heteroatoms. The number of anilines is 2. The van der Waals surface area contributed by atoms with Gasteiger partial charge in [-0.15, -0.1) is 0 Å². The van der Waals surface area contributed by atoms with E-state index in [1.807, 2.05) is 0 Å². The zero-order valence-electron chi connectivity index (χ0n) is 9.04. The molecule has 0 heterocycles. The summed E-state index contributed by atoms with van der Waals surface area (Å²) < 4.78 is 31.7. The maximum Gasteiger partial charge on any atom is 0.235 e. The fourth-order valence-corrected chi connectivity index (χ4v) is 3.79. The maximum atomic E-state index is 11.7. The molecule has 0 amide bonds. The topological polar surface area (TPSA) is 81.4 Å². The van der Waals surface area contributed by atoms with Crippen LogP contribution in [0.4, 0.5) is 11.4 Å². The highest BCUT2D eigenvalue weighted by atomic mass is 79.9. The molecule has 5 nitrogen and oxygen atoms in total. The van der Waals surface area contributed by atoms with Crippen molar-refractivity contribution < 1.29 is 13.2 Å². The Morgan fingerprint density at radius 2 is 1.88 bits per heavy atom. The van der Waals surface area contributed by atoms with Crippen LogP contribution in [0.5, 0.6) is 0 Å². The average molecular weight is 388 g/mol. The van der Waals surface area contributed by atoms with Crippen molar-refractivity contribution in [2.24, 2.45) is 0 Å². The second-order valence-electron chi connectivity index (χ2n) is 3.27. The van der Waals surface area contributed by atoms with Crippen LogP contribution in [0.3, 0.4) is 0 Å². The van der Waals surface area contributed by atoms with Crippen LogP contribution in [-0.2, 0) is 14.8 Å². The van der Waals surface area contributed by atoms with E-state index < -0.39 is 10.0 Å². The first-order valence-electron chi connectivity index (χ1n) is 4.59. The van der Waals surface area contributed by atoms with E-state index >= 15 is 0 Å². The van der Waals surface area contributed by atoms with Gasteiger partial charge in [0.05, 0.1) is 18.0 Å². The molecule has 96 valence electrons. The van der Waals surface area contributed by atoms with Crippen molar-refractivity contribution in [1.29, 1.82) is 0 Å². The monoisotopic (exact) mass is 386 g/mol. The average Bonchev–Trinajstić information content (AvgIpc) is 2.21. The minimum Gasteiger partial charge on any atom is -0.399 e. The van der Waals surface area contributed by atoms with E-state index in [2.05, 4.69) is 36.6 Å². The Balaban J connectivity index is 2.96. The van der Waals surface area contributed by atoms with Crippen LogP contribution < -0.4 is 10.5 Å². The van der Waals surface area contributed by atoms with E-state index in [9.17, 15) is 8.42 Å². The van der Waals surface area contributed by atoms with Gasteiger partial charge in [-0.25, -0.2) is 8.42 Å². The van der Waals surface area contributed by atoms with Crippen LogP contribution in [0, 0.1) is 0 Å². The summed E-state index contributed by atoms with van der Waals surface area (Å²) in [4.78, 5) is 0. The van der Waals surface area contributed by atoms with Gasteiger partial charge in [-0.3, -0.25) is 4.72 Å². The van der Waals surface area contributed by atoms with Gasteiger partial charge in [-0.05, 0) is 44.0 Å². The lowest BCUT2D eigenvalue weighted by molar-refractivity contribution is 0.217. The predicted octanol–water partition coefficient (Wildman–Crippen LogP) is 2.18. The molecule has 0 aliphatic carbocycles. The SMILES string of the molecule is COCCS(=O)(=O)Nc1c(Br)cc(N)cc1Br. The summed E-state index contributed by atoms with van der Waals surface area (Å²) >= 11 is 6.50. The summed E-state index contributed by atoms with van der Waals surface area (Å²) in [5.41, 5.74) is 6.57. The van der Waals surface area contributed by atoms with Gasteiger partial charge in [0, 0.05) is 21.7 Å². The van der Waals surface area contributed by atoms with Crippen molar-refractivity contribution >= 4 is 53.3 Å². The summed E-state index contributed by atoms with van der Waals surface area (Å²) in [6.45, 7) is 0.138. The van der Waals surface area contributed by atoms with Crippen LogP contribution >= 0.6 is 31.9 Å². The molecule has 17 heavy (non-hydrogen) atoms. The predicted molar refractivity (Wildman–Crippen MR) is 75.5 cm³/mol. The molecule has 0 spiro atoms. The number of ether oxygens (including phenoxy) is 1. The number of nitrogens with two attached hydrogens (primary N) is 1. The van der Waals surface area contributed by atoms with Gasteiger partial charge in [0.2, 0.25) is 10.0 Å². The van der Waals surface area contributed by atoms with Gasteiger partial charge in [0.25, 0.3) is 0 Å². The molecular weight excluding hydrogens is 376 g/mol. The Kier molecular flexibility index (Phi) is 5.23. The summed E-state index contributed by atoms with van der Waals surface area (Å²) in [5.74, 6) is -0.104. The lowest BCUT2D eigenvalue weighted by atomic mass is 10.3. The molecular formula is C9H12Br2N2O3S. The van der Waals surface area contributed by atoms with Gasteiger partial charge in [-0.1, -0.05) is 0 Å². The first-order valence-corrected chi connectivity index (χ1v) is 7.83. The van der Waals surface area contributed by atoms with Crippen molar-refractivity contribution in [1.82, 2.24) is 0 Å². The van der Waals surface area contributed by atoms with Gasteiger partial charge in [-0.2, -0.15) is 0 Å². The Morgan fingerprint density at radius 3 is 2.35 bits per heavy atom. The number of nitrogen functional groups attached to an aromatic ring is 1.